The molecular weight excluding hydrogens is 441 g/mol. The minimum atomic E-state index is -0.558. The van der Waals surface area contributed by atoms with Crippen LogP contribution in [0.1, 0.15) is 49.5 Å². The third-order valence-corrected chi connectivity index (χ3v) is 5.73. The van der Waals surface area contributed by atoms with Crippen molar-refractivity contribution in [1.82, 2.24) is 14.8 Å². The van der Waals surface area contributed by atoms with Crippen molar-refractivity contribution < 1.29 is 18.7 Å². The number of carbonyl (C=O) groups excluding carboxylic acids is 2. The van der Waals surface area contributed by atoms with E-state index in [1.54, 1.807) is 27.0 Å². The number of fused-ring (bicyclic) bond motifs is 1. The van der Waals surface area contributed by atoms with Gasteiger partial charge in [0.2, 0.25) is 0 Å². The SMILES string of the molecule is CC(C)(C)OC(=O)/C=C/NC/C(=C\F)Cn1cc2c(c1Br)CCN(C1CC1)C2=O. The van der Waals surface area contributed by atoms with E-state index in [0.29, 0.717) is 30.1 Å². The molecule has 0 radical (unpaired) electrons. The van der Waals surface area contributed by atoms with Crippen LogP contribution in [-0.2, 0) is 22.5 Å². The van der Waals surface area contributed by atoms with Gasteiger partial charge in [-0.2, -0.15) is 0 Å². The highest BCUT2D eigenvalue weighted by Gasteiger charge is 2.37. The quantitative estimate of drug-likeness (QED) is 0.490. The van der Waals surface area contributed by atoms with Crippen LogP contribution in [0.25, 0.3) is 0 Å². The summed E-state index contributed by atoms with van der Waals surface area (Å²) in [4.78, 5) is 26.3. The molecule has 0 atom stereocenters. The van der Waals surface area contributed by atoms with E-state index in [-0.39, 0.29) is 12.5 Å². The van der Waals surface area contributed by atoms with E-state index in [4.69, 9.17) is 4.74 Å². The molecule has 1 aromatic heterocycles. The maximum atomic E-state index is 13.4. The van der Waals surface area contributed by atoms with E-state index in [1.807, 2.05) is 9.47 Å². The summed E-state index contributed by atoms with van der Waals surface area (Å²) < 4.78 is 21.2. The zero-order chi connectivity index (χ0) is 21.2. The van der Waals surface area contributed by atoms with Crippen LogP contribution < -0.4 is 5.32 Å². The number of amides is 1. The number of halogens is 2. The van der Waals surface area contributed by atoms with Gasteiger partial charge in [0, 0.05) is 44.1 Å². The van der Waals surface area contributed by atoms with Gasteiger partial charge in [0.1, 0.15) is 5.60 Å². The second-order valence-corrected chi connectivity index (χ2v) is 9.19. The first-order valence-electron chi connectivity index (χ1n) is 9.79. The highest BCUT2D eigenvalue weighted by molar-refractivity contribution is 9.10. The number of carbonyl (C=O) groups is 2. The average Bonchev–Trinajstić information content (AvgIpc) is 3.42. The van der Waals surface area contributed by atoms with Gasteiger partial charge in [-0.25, -0.2) is 9.18 Å². The minimum absolute atomic E-state index is 0.0670. The lowest BCUT2D eigenvalue weighted by molar-refractivity contribution is -0.148. The summed E-state index contributed by atoms with van der Waals surface area (Å²) >= 11 is 3.57. The molecule has 8 heteroatoms. The summed E-state index contributed by atoms with van der Waals surface area (Å²) in [5.41, 5.74) is 1.62. The maximum Gasteiger partial charge on any atom is 0.332 e. The fourth-order valence-electron chi connectivity index (χ4n) is 3.34. The monoisotopic (exact) mass is 467 g/mol. The molecule has 1 fully saturated rings. The number of nitrogens with one attached hydrogen (secondary N) is 1. The summed E-state index contributed by atoms with van der Waals surface area (Å²) in [5, 5.41) is 2.90. The number of nitrogens with zero attached hydrogens (tertiary/aromatic N) is 2. The number of ether oxygens (including phenoxy) is 1. The van der Waals surface area contributed by atoms with E-state index < -0.39 is 11.6 Å². The number of rotatable bonds is 7. The normalized spacial score (nSPS) is 17.6. The van der Waals surface area contributed by atoms with Crippen molar-refractivity contribution in [3.05, 3.63) is 46.1 Å². The number of hydrogen-bond acceptors (Lipinski definition) is 4. The van der Waals surface area contributed by atoms with Crippen molar-refractivity contribution in [1.29, 1.82) is 0 Å². The van der Waals surface area contributed by atoms with Gasteiger partial charge in [-0.15, -0.1) is 0 Å². The predicted octanol–water partition coefficient (Wildman–Crippen LogP) is 3.71. The molecule has 1 aliphatic heterocycles. The van der Waals surface area contributed by atoms with Gasteiger partial charge in [0.15, 0.2) is 0 Å². The summed E-state index contributed by atoms with van der Waals surface area (Å²) in [7, 11) is 0. The predicted molar refractivity (Wildman–Crippen MR) is 112 cm³/mol. The Hall–Kier alpha value is -2.09. The van der Waals surface area contributed by atoms with Gasteiger partial charge in [-0.3, -0.25) is 4.79 Å². The van der Waals surface area contributed by atoms with Gasteiger partial charge in [-0.05, 0) is 67.1 Å². The van der Waals surface area contributed by atoms with Crippen molar-refractivity contribution in [2.24, 2.45) is 0 Å². The van der Waals surface area contributed by atoms with Gasteiger partial charge >= 0.3 is 5.97 Å². The average molecular weight is 468 g/mol. The topological polar surface area (TPSA) is 63.6 Å². The summed E-state index contributed by atoms with van der Waals surface area (Å²) in [6.07, 6.45) is 8.05. The van der Waals surface area contributed by atoms with E-state index >= 15 is 0 Å². The zero-order valence-corrected chi connectivity index (χ0v) is 18.6. The molecule has 1 amide bonds. The number of esters is 1. The van der Waals surface area contributed by atoms with Crippen molar-refractivity contribution in [3.8, 4) is 0 Å². The molecule has 1 aromatic rings. The highest BCUT2D eigenvalue weighted by Crippen LogP contribution is 2.35. The van der Waals surface area contributed by atoms with E-state index in [2.05, 4.69) is 21.2 Å². The summed E-state index contributed by atoms with van der Waals surface area (Å²) in [6.45, 7) is 6.64. The lowest BCUT2D eigenvalue weighted by Crippen LogP contribution is -2.38. The maximum absolute atomic E-state index is 13.4. The zero-order valence-electron chi connectivity index (χ0n) is 17.0. The van der Waals surface area contributed by atoms with Gasteiger partial charge in [0.05, 0.1) is 16.5 Å². The Morgan fingerprint density at radius 1 is 1.41 bits per heavy atom. The lowest BCUT2D eigenvalue weighted by Gasteiger charge is -2.26. The molecule has 6 nitrogen and oxygen atoms in total. The molecular formula is C21H27BrFN3O3. The summed E-state index contributed by atoms with van der Waals surface area (Å²) in [5.74, 6) is -0.396. The van der Waals surface area contributed by atoms with Crippen LogP contribution in [0.15, 0.2) is 35.0 Å². The smallest absolute Gasteiger partial charge is 0.332 e. The van der Waals surface area contributed by atoms with Crippen LogP contribution in [0.5, 0.6) is 0 Å². The Kier molecular flexibility index (Phi) is 6.51. The molecule has 2 heterocycles. The van der Waals surface area contributed by atoms with Crippen LogP contribution in [0.3, 0.4) is 0 Å². The molecule has 1 aliphatic carbocycles. The largest absolute Gasteiger partial charge is 0.457 e. The molecule has 0 bridgehead atoms. The second-order valence-electron chi connectivity index (χ2n) is 8.43. The van der Waals surface area contributed by atoms with E-state index in [0.717, 1.165) is 36.0 Å². The van der Waals surface area contributed by atoms with Crippen molar-refractivity contribution in [3.63, 3.8) is 0 Å². The van der Waals surface area contributed by atoms with Gasteiger partial charge < -0.3 is 19.5 Å². The molecule has 0 spiro atoms. The molecule has 3 rings (SSSR count). The van der Waals surface area contributed by atoms with Crippen LogP contribution in [0, 0.1) is 0 Å². The van der Waals surface area contributed by atoms with Crippen LogP contribution in [0.4, 0.5) is 4.39 Å². The Labute approximate surface area is 178 Å². The molecule has 2 aliphatic rings. The van der Waals surface area contributed by atoms with Crippen molar-refractivity contribution in [2.45, 2.75) is 58.2 Å². The first kappa shape index (κ1) is 21.6. The third kappa shape index (κ3) is 5.50. The fraction of sp³-hybridized carbons (Fsp3) is 0.524. The molecule has 29 heavy (non-hydrogen) atoms. The molecule has 1 saturated carbocycles. The van der Waals surface area contributed by atoms with Crippen molar-refractivity contribution >= 4 is 27.8 Å². The third-order valence-electron chi connectivity index (χ3n) is 4.79. The Bertz CT molecular complexity index is 850. The lowest BCUT2D eigenvalue weighted by atomic mass is 10.0. The van der Waals surface area contributed by atoms with E-state index in [1.165, 1.54) is 12.3 Å². The van der Waals surface area contributed by atoms with Crippen molar-refractivity contribution in [2.75, 3.05) is 13.1 Å². The molecule has 0 saturated heterocycles. The van der Waals surface area contributed by atoms with E-state index in [9.17, 15) is 14.0 Å². The van der Waals surface area contributed by atoms with Crippen LogP contribution in [-0.4, -0.2) is 46.1 Å². The standard InChI is InChI=1S/C21H27BrFN3O3/c1-21(2,3)29-18(27)6-8-24-11-14(10-23)12-25-13-17-16(19(25)22)7-9-26(20(17)28)15-4-5-15/h6,8,10,13,15,24H,4-5,7,9,11-12H2,1-3H3/b8-6+,14-10+. The number of aromatic nitrogens is 1. The van der Waals surface area contributed by atoms with Crippen LogP contribution in [0.2, 0.25) is 0 Å². The molecule has 0 aromatic carbocycles. The number of hydrogen-bond donors (Lipinski definition) is 1. The summed E-state index contributed by atoms with van der Waals surface area (Å²) in [6, 6.07) is 0.389. The van der Waals surface area contributed by atoms with Crippen LogP contribution >= 0.6 is 15.9 Å². The molecule has 1 N–H and O–H groups in total. The molecule has 0 unspecified atom stereocenters. The molecule has 158 valence electrons. The fourth-order valence-corrected chi connectivity index (χ4v) is 3.98. The van der Waals surface area contributed by atoms with Gasteiger partial charge in [0.25, 0.3) is 5.91 Å². The first-order valence-corrected chi connectivity index (χ1v) is 10.6. The highest BCUT2D eigenvalue weighted by atomic mass is 79.9. The second kappa shape index (κ2) is 8.73. The Balaban J connectivity index is 1.58. The minimum Gasteiger partial charge on any atom is -0.457 e. The first-order chi connectivity index (χ1) is 13.7. The Morgan fingerprint density at radius 2 is 2.14 bits per heavy atom. The Morgan fingerprint density at radius 3 is 2.76 bits per heavy atom. The van der Waals surface area contributed by atoms with Gasteiger partial charge in [-0.1, -0.05) is 0 Å².